The molecule has 0 amide bonds. The summed E-state index contributed by atoms with van der Waals surface area (Å²) in [6, 6.07) is 6.62. The fraction of sp³-hybridized carbons (Fsp3) is 0.250. The first-order valence-electron chi connectivity index (χ1n) is 5.36. The lowest BCUT2D eigenvalue weighted by molar-refractivity contribution is 0.630. The molecule has 0 saturated carbocycles. The molecule has 2 rings (SSSR count). The van der Waals surface area contributed by atoms with E-state index in [9.17, 15) is 4.39 Å². The molecule has 0 aliphatic rings. The Morgan fingerprint density at radius 2 is 2.18 bits per heavy atom. The third kappa shape index (κ3) is 2.56. The Morgan fingerprint density at radius 1 is 1.41 bits per heavy atom. The molecule has 0 aliphatic carbocycles. The van der Waals surface area contributed by atoms with Crippen molar-refractivity contribution in [3.8, 4) is 11.3 Å². The van der Waals surface area contributed by atoms with Crippen LogP contribution in [0.25, 0.3) is 11.3 Å². The molecule has 2 aromatic rings. The van der Waals surface area contributed by atoms with Crippen molar-refractivity contribution in [3.05, 3.63) is 40.2 Å². The van der Waals surface area contributed by atoms with Gasteiger partial charge < -0.3 is 5.32 Å². The van der Waals surface area contributed by atoms with E-state index in [0.29, 0.717) is 11.3 Å². The van der Waals surface area contributed by atoms with Gasteiger partial charge in [0.25, 0.3) is 0 Å². The maximum atomic E-state index is 13.6. The number of H-pyrrole nitrogens is 1. The van der Waals surface area contributed by atoms with Crippen LogP contribution < -0.4 is 5.32 Å². The van der Waals surface area contributed by atoms with Gasteiger partial charge in [0.1, 0.15) is 11.5 Å². The van der Waals surface area contributed by atoms with Crippen LogP contribution in [0.15, 0.2) is 28.7 Å². The summed E-state index contributed by atoms with van der Waals surface area (Å²) in [5.74, 6) is -0.264. The van der Waals surface area contributed by atoms with Crippen molar-refractivity contribution in [1.29, 1.82) is 0 Å². The number of hydrogen-bond acceptors (Lipinski definition) is 2. The molecular weight excluding hydrogens is 285 g/mol. The molecule has 1 heterocycles. The second kappa shape index (κ2) is 5.42. The summed E-state index contributed by atoms with van der Waals surface area (Å²) in [4.78, 5) is 0. The van der Waals surface area contributed by atoms with Crippen molar-refractivity contribution in [2.75, 3.05) is 13.6 Å². The molecule has 0 aliphatic heterocycles. The highest BCUT2D eigenvalue weighted by atomic mass is 79.9. The number of aromatic amines is 1. The second-order valence-electron chi connectivity index (χ2n) is 3.70. The summed E-state index contributed by atoms with van der Waals surface area (Å²) < 4.78 is 14.5. The van der Waals surface area contributed by atoms with Crippen molar-refractivity contribution in [2.45, 2.75) is 6.42 Å². The van der Waals surface area contributed by atoms with E-state index in [4.69, 9.17) is 0 Å². The Labute approximate surface area is 108 Å². The van der Waals surface area contributed by atoms with Gasteiger partial charge in [-0.2, -0.15) is 5.10 Å². The molecule has 90 valence electrons. The molecule has 1 aromatic heterocycles. The number of halogens is 2. The minimum Gasteiger partial charge on any atom is -0.319 e. The van der Waals surface area contributed by atoms with Crippen LogP contribution in [0.2, 0.25) is 0 Å². The van der Waals surface area contributed by atoms with E-state index in [0.717, 1.165) is 23.1 Å². The molecule has 0 spiro atoms. The molecule has 0 radical (unpaired) electrons. The van der Waals surface area contributed by atoms with Crippen molar-refractivity contribution >= 4 is 15.9 Å². The number of rotatable bonds is 4. The zero-order valence-electron chi connectivity index (χ0n) is 9.43. The normalized spacial score (nSPS) is 10.8. The fourth-order valence-electron chi connectivity index (χ4n) is 1.61. The van der Waals surface area contributed by atoms with E-state index in [1.165, 1.54) is 6.07 Å². The summed E-state index contributed by atoms with van der Waals surface area (Å²) in [6.45, 7) is 0.845. The van der Waals surface area contributed by atoms with E-state index in [-0.39, 0.29) is 5.82 Å². The van der Waals surface area contributed by atoms with Crippen LogP contribution in [-0.4, -0.2) is 23.8 Å². The van der Waals surface area contributed by atoms with Gasteiger partial charge in [0.05, 0.1) is 10.2 Å². The number of aromatic nitrogens is 2. The van der Waals surface area contributed by atoms with E-state index >= 15 is 0 Å². The maximum Gasteiger partial charge on any atom is 0.132 e. The van der Waals surface area contributed by atoms with Crippen LogP contribution in [0.1, 0.15) is 5.69 Å². The van der Waals surface area contributed by atoms with Crippen molar-refractivity contribution in [1.82, 2.24) is 15.5 Å². The topological polar surface area (TPSA) is 40.7 Å². The largest absolute Gasteiger partial charge is 0.319 e. The molecule has 0 atom stereocenters. The molecule has 0 bridgehead atoms. The number of nitrogens with one attached hydrogen (secondary N) is 2. The summed E-state index contributed by atoms with van der Waals surface area (Å²) in [5.41, 5.74) is 2.10. The highest BCUT2D eigenvalue weighted by Crippen LogP contribution is 2.30. The SMILES string of the molecule is CNCCc1[nH]nc(-c2ccccc2F)c1Br. The number of likely N-dealkylation sites (N-methyl/N-ethyl adjacent to an activating group) is 1. The Kier molecular flexibility index (Phi) is 3.91. The molecule has 1 aromatic carbocycles. The lowest BCUT2D eigenvalue weighted by Gasteiger charge is -2.00. The quantitative estimate of drug-likeness (QED) is 0.911. The second-order valence-corrected chi connectivity index (χ2v) is 4.49. The van der Waals surface area contributed by atoms with Gasteiger partial charge in [0.2, 0.25) is 0 Å². The van der Waals surface area contributed by atoms with Crippen LogP contribution in [0, 0.1) is 5.82 Å². The Morgan fingerprint density at radius 3 is 2.88 bits per heavy atom. The molecule has 5 heteroatoms. The monoisotopic (exact) mass is 297 g/mol. The third-order valence-corrected chi connectivity index (χ3v) is 3.38. The van der Waals surface area contributed by atoms with Crippen LogP contribution in [0.4, 0.5) is 4.39 Å². The zero-order valence-corrected chi connectivity index (χ0v) is 11.0. The molecular formula is C12H13BrFN3. The van der Waals surface area contributed by atoms with Crippen molar-refractivity contribution < 1.29 is 4.39 Å². The van der Waals surface area contributed by atoms with Gasteiger partial charge in [-0.05, 0) is 35.1 Å². The minimum atomic E-state index is -0.264. The first-order chi connectivity index (χ1) is 8.24. The molecule has 3 nitrogen and oxygen atoms in total. The maximum absolute atomic E-state index is 13.6. The van der Waals surface area contributed by atoms with E-state index < -0.39 is 0 Å². The Hall–Kier alpha value is -1.20. The smallest absolute Gasteiger partial charge is 0.132 e. The highest BCUT2D eigenvalue weighted by Gasteiger charge is 2.14. The molecule has 0 fully saturated rings. The first-order valence-corrected chi connectivity index (χ1v) is 6.15. The van der Waals surface area contributed by atoms with Gasteiger partial charge in [-0.3, -0.25) is 5.10 Å². The predicted molar refractivity (Wildman–Crippen MR) is 69.3 cm³/mol. The molecule has 17 heavy (non-hydrogen) atoms. The number of hydrogen-bond donors (Lipinski definition) is 2. The van der Waals surface area contributed by atoms with Crippen LogP contribution in [0.5, 0.6) is 0 Å². The average molecular weight is 298 g/mol. The summed E-state index contributed by atoms with van der Waals surface area (Å²) in [5, 5.41) is 10.2. The van der Waals surface area contributed by atoms with Crippen molar-refractivity contribution in [2.24, 2.45) is 0 Å². The van der Waals surface area contributed by atoms with Crippen LogP contribution in [-0.2, 0) is 6.42 Å². The average Bonchev–Trinajstić information content (AvgIpc) is 2.69. The first kappa shape index (κ1) is 12.3. The van der Waals surface area contributed by atoms with E-state index in [1.807, 2.05) is 7.05 Å². The minimum absolute atomic E-state index is 0.264. The summed E-state index contributed by atoms with van der Waals surface area (Å²) in [7, 11) is 1.89. The van der Waals surface area contributed by atoms with Crippen LogP contribution in [0.3, 0.4) is 0 Å². The lowest BCUT2D eigenvalue weighted by Crippen LogP contribution is -2.10. The number of benzene rings is 1. The standard InChI is InChI=1S/C12H13BrFN3/c1-15-7-6-10-11(13)12(17-16-10)8-4-2-3-5-9(8)14/h2-5,15H,6-7H2,1H3,(H,16,17). The molecule has 0 saturated heterocycles. The Bertz CT molecular complexity index is 510. The van der Waals surface area contributed by atoms with Gasteiger partial charge in [-0.1, -0.05) is 12.1 Å². The van der Waals surface area contributed by atoms with Gasteiger partial charge in [-0.15, -0.1) is 0 Å². The highest BCUT2D eigenvalue weighted by molar-refractivity contribution is 9.10. The van der Waals surface area contributed by atoms with Gasteiger partial charge in [0.15, 0.2) is 0 Å². The summed E-state index contributed by atoms with van der Waals surface area (Å²) in [6.07, 6.45) is 0.818. The van der Waals surface area contributed by atoms with E-state index in [2.05, 4.69) is 31.4 Å². The number of nitrogens with zero attached hydrogens (tertiary/aromatic N) is 1. The lowest BCUT2D eigenvalue weighted by atomic mass is 10.1. The van der Waals surface area contributed by atoms with Gasteiger partial charge >= 0.3 is 0 Å². The Balaban J connectivity index is 2.34. The van der Waals surface area contributed by atoms with E-state index in [1.54, 1.807) is 18.2 Å². The molecule has 2 N–H and O–H groups in total. The van der Waals surface area contributed by atoms with Gasteiger partial charge in [-0.25, -0.2) is 4.39 Å². The third-order valence-electron chi connectivity index (χ3n) is 2.53. The van der Waals surface area contributed by atoms with Gasteiger partial charge in [0, 0.05) is 18.5 Å². The van der Waals surface area contributed by atoms with Crippen molar-refractivity contribution in [3.63, 3.8) is 0 Å². The fourth-order valence-corrected chi connectivity index (χ4v) is 2.20. The predicted octanol–water partition coefficient (Wildman–Crippen LogP) is 2.74. The van der Waals surface area contributed by atoms with Crippen LogP contribution >= 0.6 is 15.9 Å². The zero-order chi connectivity index (χ0) is 12.3. The summed E-state index contributed by atoms with van der Waals surface area (Å²) >= 11 is 3.46. The molecule has 0 unspecified atom stereocenters.